The molecule has 0 spiro atoms. The minimum Gasteiger partial charge on any atom is -0.356 e. The number of hydrogen-bond donors (Lipinski definition) is 1. The standard InChI is InChI=1S/C14H20ClNOS/c1-11(2)10-16-14(17)4-3-9-18-13-7-5-12(15)6-8-13/h5-8,11H,3-4,9-10H2,1-2H3,(H,16,17). The van der Waals surface area contributed by atoms with Gasteiger partial charge in [0.05, 0.1) is 0 Å². The highest BCUT2D eigenvalue weighted by Crippen LogP contribution is 2.21. The second-order valence-corrected chi connectivity index (χ2v) is 6.21. The van der Waals surface area contributed by atoms with Crippen molar-refractivity contribution < 1.29 is 4.79 Å². The summed E-state index contributed by atoms with van der Waals surface area (Å²) in [5.74, 6) is 1.62. The molecule has 0 saturated heterocycles. The van der Waals surface area contributed by atoms with Gasteiger partial charge in [-0.05, 0) is 42.4 Å². The van der Waals surface area contributed by atoms with Crippen LogP contribution in [0.5, 0.6) is 0 Å². The summed E-state index contributed by atoms with van der Waals surface area (Å²) in [5, 5.41) is 3.68. The topological polar surface area (TPSA) is 29.1 Å². The van der Waals surface area contributed by atoms with Crippen molar-refractivity contribution in [3.63, 3.8) is 0 Å². The molecule has 0 aliphatic rings. The molecule has 0 heterocycles. The van der Waals surface area contributed by atoms with Gasteiger partial charge in [-0.25, -0.2) is 0 Å². The van der Waals surface area contributed by atoms with Crippen LogP contribution in [-0.4, -0.2) is 18.2 Å². The Kier molecular flexibility index (Phi) is 7.21. The lowest BCUT2D eigenvalue weighted by Gasteiger charge is -2.07. The first-order valence-corrected chi connectivity index (χ1v) is 7.59. The van der Waals surface area contributed by atoms with Crippen LogP contribution in [0, 0.1) is 5.92 Å². The van der Waals surface area contributed by atoms with Crippen molar-refractivity contribution in [3.8, 4) is 0 Å². The van der Waals surface area contributed by atoms with Crippen molar-refractivity contribution >= 4 is 29.3 Å². The molecule has 18 heavy (non-hydrogen) atoms. The monoisotopic (exact) mass is 285 g/mol. The summed E-state index contributed by atoms with van der Waals surface area (Å²) >= 11 is 7.57. The van der Waals surface area contributed by atoms with Crippen LogP contribution in [0.2, 0.25) is 5.02 Å². The van der Waals surface area contributed by atoms with Crippen molar-refractivity contribution in [2.75, 3.05) is 12.3 Å². The van der Waals surface area contributed by atoms with E-state index in [1.165, 1.54) is 4.90 Å². The second kappa shape index (κ2) is 8.44. The van der Waals surface area contributed by atoms with Crippen LogP contribution in [0.3, 0.4) is 0 Å². The Bertz CT molecular complexity index is 365. The Morgan fingerprint density at radius 2 is 2.00 bits per heavy atom. The number of halogens is 1. The van der Waals surface area contributed by atoms with Crippen LogP contribution in [0.25, 0.3) is 0 Å². The average Bonchev–Trinajstić information content (AvgIpc) is 2.34. The zero-order valence-electron chi connectivity index (χ0n) is 10.9. The van der Waals surface area contributed by atoms with E-state index in [1.54, 1.807) is 11.8 Å². The van der Waals surface area contributed by atoms with Crippen LogP contribution in [0.15, 0.2) is 29.2 Å². The van der Waals surface area contributed by atoms with E-state index < -0.39 is 0 Å². The molecule has 4 heteroatoms. The van der Waals surface area contributed by atoms with Crippen molar-refractivity contribution in [3.05, 3.63) is 29.3 Å². The van der Waals surface area contributed by atoms with E-state index in [0.29, 0.717) is 12.3 Å². The number of benzene rings is 1. The number of nitrogens with one attached hydrogen (secondary N) is 1. The number of amides is 1. The Morgan fingerprint density at radius 3 is 2.61 bits per heavy atom. The molecule has 1 N–H and O–H groups in total. The third kappa shape index (κ3) is 6.92. The summed E-state index contributed by atoms with van der Waals surface area (Å²) in [4.78, 5) is 12.7. The van der Waals surface area contributed by atoms with Gasteiger partial charge in [0.1, 0.15) is 0 Å². The fraction of sp³-hybridized carbons (Fsp3) is 0.500. The number of rotatable bonds is 7. The Morgan fingerprint density at radius 1 is 1.33 bits per heavy atom. The van der Waals surface area contributed by atoms with Gasteiger partial charge in [0.15, 0.2) is 0 Å². The van der Waals surface area contributed by atoms with Gasteiger partial charge in [-0.15, -0.1) is 11.8 Å². The molecule has 0 bridgehead atoms. The lowest BCUT2D eigenvalue weighted by molar-refractivity contribution is -0.121. The highest BCUT2D eigenvalue weighted by molar-refractivity contribution is 7.99. The van der Waals surface area contributed by atoms with Gasteiger partial charge >= 0.3 is 0 Å². The Hall–Kier alpha value is -0.670. The van der Waals surface area contributed by atoms with Gasteiger partial charge in [0.2, 0.25) is 5.91 Å². The third-order valence-electron chi connectivity index (χ3n) is 2.34. The fourth-order valence-electron chi connectivity index (χ4n) is 1.36. The maximum atomic E-state index is 11.5. The van der Waals surface area contributed by atoms with Crippen LogP contribution < -0.4 is 5.32 Å². The molecule has 0 radical (unpaired) electrons. The summed E-state index contributed by atoms with van der Waals surface area (Å²) in [6.07, 6.45) is 1.50. The first-order chi connectivity index (χ1) is 8.58. The van der Waals surface area contributed by atoms with Crippen LogP contribution >= 0.6 is 23.4 Å². The van der Waals surface area contributed by atoms with Crippen LogP contribution in [0.1, 0.15) is 26.7 Å². The molecule has 0 atom stereocenters. The molecule has 0 saturated carbocycles. The van der Waals surface area contributed by atoms with E-state index in [2.05, 4.69) is 19.2 Å². The number of hydrogen-bond acceptors (Lipinski definition) is 2. The lowest BCUT2D eigenvalue weighted by Crippen LogP contribution is -2.27. The summed E-state index contributed by atoms with van der Waals surface area (Å²) in [5.41, 5.74) is 0. The van der Waals surface area contributed by atoms with E-state index >= 15 is 0 Å². The summed E-state index contributed by atoms with van der Waals surface area (Å²) in [6.45, 7) is 4.95. The van der Waals surface area contributed by atoms with Gasteiger partial charge in [0, 0.05) is 22.9 Å². The number of carbonyl (C=O) groups is 1. The van der Waals surface area contributed by atoms with Crippen molar-refractivity contribution in [2.45, 2.75) is 31.6 Å². The van der Waals surface area contributed by atoms with Crippen molar-refractivity contribution in [1.82, 2.24) is 5.32 Å². The van der Waals surface area contributed by atoms with Gasteiger partial charge in [-0.2, -0.15) is 0 Å². The minimum absolute atomic E-state index is 0.153. The molecule has 2 nitrogen and oxygen atoms in total. The molecular formula is C14H20ClNOS. The van der Waals surface area contributed by atoms with Gasteiger partial charge in [-0.1, -0.05) is 25.4 Å². The molecule has 0 aromatic heterocycles. The molecule has 1 aromatic rings. The maximum Gasteiger partial charge on any atom is 0.220 e. The normalized spacial score (nSPS) is 10.7. The smallest absolute Gasteiger partial charge is 0.220 e. The van der Waals surface area contributed by atoms with E-state index in [4.69, 9.17) is 11.6 Å². The lowest BCUT2D eigenvalue weighted by atomic mass is 10.2. The van der Waals surface area contributed by atoms with E-state index in [9.17, 15) is 4.79 Å². The van der Waals surface area contributed by atoms with E-state index in [1.807, 2.05) is 24.3 Å². The maximum absolute atomic E-state index is 11.5. The van der Waals surface area contributed by atoms with Crippen LogP contribution in [0.4, 0.5) is 0 Å². The minimum atomic E-state index is 0.153. The molecule has 1 aromatic carbocycles. The molecule has 100 valence electrons. The van der Waals surface area contributed by atoms with Gasteiger partial charge in [0.25, 0.3) is 0 Å². The molecule has 1 amide bonds. The zero-order chi connectivity index (χ0) is 13.4. The summed E-state index contributed by atoms with van der Waals surface area (Å²) < 4.78 is 0. The second-order valence-electron chi connectivity index (χ2n) is 4.60. The van der Waals surface area contributed by atoms with Crippen LogP contribution in [-0.2, 0) is 4.79 Å². The summed E-state index contributed by atoms with van der Waals surface area (Å²) in [6, 6.07) is 7.79. The third-order valence-corrected chi connectivity index (χ3v) is 3.69. The van der Waals surface area contributed by atoms with Gasteiger partial charge in [-0.3, -0.25) is 4.79 Å². The largest absolute Gasteiger partial charge is 0.356 e. The average molecular weight is 286 g/mol. The zero-order valence-corrected chi connectivity index (χ0v) is 12.5. The first kappa shape index (κ1) is 15.4. The SMILES string of the molecule is CC(C)CNC(=O)CCCSc1ccc(Cl)cc1. The molecule has 0 unspecified atom stereocenters. The van der Waals surface area contributed by atoms with Gasteiger partial charge < -0.3 is 5.32 Å². The highest BCUT2D eigenvalue weighted by Gasteiger charge is 2.02. The Labute approximate surface area is 118 Å². The number of thioether (sulfide) groups is 1. The predicted molar refractivity (Wildman–Crippen MR) is 79.3 cm³/mol. The highest BCUT2D eigenvalue weighted by atomic mass is 35.5. The molecule has 0 aliphatic carbocycles. The van der Waals surface area contributed by atoms with E-state index in [-0.39, 0.29) is 5.91 Å². The first-order valence-electron chi connectivity index (χ1n) is 6.23. The predicted octanol–water partition coefficient (Wildman–Crippen LogP) is 3.98. The molecular weight excluding hydrogens is 266 g/mol. The van der Waals surface area contributed by atoms with E-state index in [0.717, 1.165) is 23.7 Å². The van der Waals surface area contributed by atoms with Crippen molar-refractivity contribution in [1.29, 1.82) is 0 Å². The molecule has 1 rings (SSSR count). The fourth-order valence-corrected chi connectivity index (χ4v) is 2.34. The molecule has 0 fully saturated rings. The number of carbonyl (C=O) groups excluding carboxylic acids is 1. The Balaban J connectivity index is 2.11. The quantitative estimate of drug-likeness (QED) is 0.606. The summed E-state index contributed by atoms with van der Waals surface area (Å²) in [7, 11) is 0. The molecule has 0 aliphatic heterocycles. The van der Waals surface area contributed by atoms with Crippen molar-refractivity contribution in [2.24, 2.45) is 5.92 Å².